The van der Waals surface area contributed by atoms with Gasteiger partial charge in [-0.2, -0.15) is 0 Å². The van der Waals surface area contributed by atoms with E-state index >= 15 is 0 Å². The Balaban J connectivity index is 1.57. The van der Waals surface area contributed by atoms with Gasteiger partial charge in [0, 0.05) is 23.1 Å². The Kier molecular flexibility index (Phi) is 9.68. The normalized spacial score (nSPS) is 11.3. The molecule has 4 rings (SSSR count). The third kappa shape index (κ3) is 8.35. The summed E-state index contributed by atoms with van der Waals surface area (Å²) >= 11 is 0. The van der Waals surface area contributed by atoms with Crippen molar-refractivity contribution in [2.45, 2.75) is 59.3 Å². The minimum absolute atomic E-state index is 0.127. The number of esters is 1. The number of nitrogens with two attached hydrogens (primary N) is 1. The second-order valence-electron chi connectivity index (χ2n) is 10.8. The molecule has 1 amide bonds. The first kappa shape index (κ1) is 29.7. The molecule has 0 saturated carbocycles. The Labute approximate surface area is 240 Å². The van der Waals surface area contributed by atoms with Crippen LogP contribution in [0.15, 0.2) is 71.3 Å². The fraction of sp³-hybridized carbons (Fsp3) is 0.333. The van der Waals surface area contributed by atoms with Crippen LogP contribution in [-0.2, 0) is 40.3 Å². The number of rotatable bonds is 11. The molecule has 0 spiro atoms. The van der Waals surface area contributed by atoms with Gasteiger partial charge < -0.3 is 29.7 Å². The van der Waals surface area contributed by atoms with Crippen molar-refractivity contribution < 1.29 is 28.2 Å². The lowest BCUT2D eigenvalue weighted by Crippen LogP contribution is -2.32. The molecule has 8 heteroatoms. The lowest BCUT2D eigenvalue weighted by molar-refractivity contribution is -0.142. The summed E-state index contributed by atoms with van der Waals surface area (Å²) in [7, 11) is 0. The zero-order valence-corrected chi connectivity index (χ0v) is 24.1. The van der Waals surface area contributed by atoms with Gasteiger partial charge in [0.2, 0.25) is 0 Å². The Morgan fingerprint density at radius 1 is 0.976 bits per heavy atom. The monoisotopic (exact) mass is 558 g/mol. The molecule has 216 valence electrons. The third-order valence-corrected chi connectivity index (χ3v) is 6.28. The van der Waals surface area contributed by atoms with E-state index in [0.717, 1.165) is 44.3 Å². The van der Waals surface area contributed by atoms with E-state index in [1.807, 2.05) is 81.4 Å². The number of furan rings is 1. The molecule has 0 atom stereocenters. The van der Waals surface area contributed by atoms with Crippen LogP contribution in [0.4, 0.5) is 4.79 Å². The number of alkyl carbamates (subject to hydrolysis) is 1. The molecular weight excluding hydrogens is 520 g/mol. The summed E-state index contributed by atoms with van der Waals surface area (Å²) in [6.07, 6.45) is 2.04. The van der Waals surface area contributed by atoms with E-state index in [4.69, 9.17) is 24.4 Å². The zero-order chi connectivity index (χ0) is 29.4. The number of nitrogens with one attached hydrogen (secondary N) is 1. The van der Waals surface area contributed by atoms with Crippen molar-refractivity contribution in [1.29, 1.82) is 0 Å². The summed E-state index contributed by atoms with van der Waals surface area (Å²) in [5.74, 6) is 0.333. The minimum atomic E-state index is -0.565. The second kappa shape index (κ2) is 13.4. The Bertz CT molecular complexity index is 1500. The van der Waals surface area contributed by atoms with E-state index < -0.39 is 11.7 Å². The molecule has 3 aromatic carbocycles. The Morgan fingerprint density at radius 2 is 1.80 bits per heavy atom. The first-order valence-electron chi connectivity index (χ1n) is 13.8. The third-order valence-electron chi connectivity index (χ3n) is 6.28. The first-order chi connectivity index (χ1) is 19.6. The number of benzene rings is 3. The van der Waals surface area contributed by atoms with Crippen molar-refractivity contribution in [3.05, 3.63) is 89.2 Å². The fourth-order valence-corrected chi connectivity index (χ4v) is 4.51. The largest absolute Gasteiger partial charge is 0.489 e. The quantitative estimate of drug-likeness (QED) is 0.207. The topological polar surface area (TPSA) is 113 Å². The van der Waals surface area contributed by atoms with Crippen LogP contribution in [0.25, 0.3) is 22.1 Å². The van der Waals surface area contributed by atoms with Crippen LogP contribution in [0.1, 0.15) is 49.9 Å². The highest BCUT2D eigenvalue weighted by Gasteiger charge is 2.17. The summed E-state index contributed by atoms with van der Waals surface area (Å²) in [5.41, 5.74) is 11.5. The first-order valence-corrected chi connectivity index (χ1v) is 13.8. The summed E-state index contributed by atoms with van der Waals surface area (Å²) in [6.45, 7) is 8.74. The number of hydrogen-bond donors (Lipinski definition) is 2. The summed E-state index contributed by atoms with van der Waals surface area (Å²) in [6, 6.07) is 19.7. The van der Waals surface area contributed by atoms with Gasteiger partial charge >= 0.3 is 12.1 Å². The number of ether oxygens (including phenoxy) is 3. The minimum Gasteiger partial charge on any atom is -0.489 e. The van der Waals surface area contributed by atoms with Gasteiger partial charge in [0.1, 0.15) is 23.5 Å². The van der Waals surface area contributed by atoms with Crippen LogP contribution in [-0.4, -0.2) is 30.8 Å². The number of carbonyl (C=O) groups excluding carboxylic acids is 2. The second-order valence-corrected chi connectivity index (χ2v) is 10.8. The van der Waals surface area contributed by atoms with Crippen LogP contribution < -0.4 is 15.8 Å². The van der Waals surface area contributed by atoms with Crippen LogP contribution in [0.5, 0.6) is 5.75 Å². The molecular formula is C33H38N2O6. The predicted octanol–water partition coefficient (Wildman–Crippen LogP) is 6.31. The number of fused-ring (bicyclic) bond motifs is 1. The molecule has 0 aliphatic rings. The average Bonchev–Trinajstić information content (AvgIpc) is 3.40. The summed E-state index contributed by atoms with van der Waals surface area (Å²) < 4.78 is 22.6. The van der Waals surface area contributed by atoms with E-state index in [9.17, 15) is 9.59 Å². The highest BCUT2D eigenvalue weighted by atomic mass is 16.6. The lowest BCUT2D eigenvalue weighted by Gasteiger charge is -2.19. The van der Waals surface area contributed by atoms with Gasteiger partial charge in [-0.3, -0.25) is 4.79 Å². The molecule has 0 unspecified atom stereocenters. The fourth-order valence-electron chi connectivity index (χ4n) is 4.51. The molecule has 41 heavy (non-hydrogen) atoms. The molecule has 4 aromatic rings. The summed E-state index contributed by atoms with van der Waals surface area (Å²) in [5, 5.41) is 3.76. The van der Waals surface area contributed by atoms with Crippen LogP contribution in [0.2, 0.25) is 0 Å². The van der Waals surface area contributed by atoms with E-state index in [1.54, 1.807) is 13.2 Å². The van der Waals surface area contributed by atoms with Crippen molar-refractivity contribution >= 4 is 23.0 Å². The molecule has 0 saturated heterocycles. The maximum absolute atomic E-state index is 12.2. The van der Waals surface area contributed by atoms with Gasteiger partial charge in [-0.25, -0.2) is 4.79 Å². The molecule has 0 aliphatic heterocycles. The summed E-state index contributed by atoms with van der Waals surface area (Å²) in [4.78, 5) is 24.3. The Morgan fingerprint density at radius 3 is 2.56 bits per heavy atom. The number of carbonyl (C=O) groups is 2. The standard InChI is InChI=1S/C33H38N2O6/c1-5-38-30(36)19-26-10-9-22(11-13-34)18-29(26)40-21-24-16-27-12-14-39-31(27)28(17-24)25-8-6-7-23(15-25)20-35-32(37)41-33(2,3)4/h6-10,12,14-18H,5,11,13,19-21,34H2,1-4H3,(H,35,37). The van der Waals surface area contributed by atoms with Gasteiger partial charge in [0.05, 0.1) is 19.3 Å². The van der Waals surface area contributed by atoms with Crippen molar-refractivity contribution in [2.75, 3.05) is 13.2 Å². The van der Waals surface area contributed by atoms with Crippen LogP contribution >= 0.6 is 0 Å². The zero-order valence-electron chi connectivity index (χ0n) is 24.1. The molecule has 1 heterocycles. The van der Waals surface area contributed by atoms with E-state index in [1.165, 1.54) is 0 Å². The van der Waals surface area contributed by atoms with Gasteiger partial charge in [-0.1, -0.05) is 30.3 Å². The molecule has 0 radical (unpaired) electrons. The Hall–Kier alpha value is -4.30. The van der Waals surface area contributed by atoms with Crippen molar-refractivity contribution in [3.8, 4) is 16.9 Å². The smallest absolute Gasteiger partial charge is 0.407 e. The maximum atomic E-state index is 12.2. The highest BCUT2D eigenvalue weighted by molar-refractivity contribution is 5.93. The van der Waals surface area contributed by atoms with Crippen molar-refractivity contribution in [3.63, 3.8) is 0 Å². The van der Waals surface area contributed by atoms with Crippen LogP contribution in [0, 0.1) is 0 Å². The molecule has 0 aliphatic carbocycles. The van der Waals surface area contributed by atoms with E-state index in [-0.39, 0.29) is 19.0 Å². The molecule has 0 fully saturated rings. The van der Waals surface area contributed by atoms with Gasteiger partial charge in [0.15, 0.2) is 0 Å². The molecule has 8 nitrogen and oxygen atoms in total. The number of amides is 1. The highest BCUT2D eigenvalue weighted by Crippen LogP contribution is 2.32. The molecule has 3 N–H and O–H groups in total. The van der Waals surface area contributed by atoms with Gasteiger partial charge in [-0.05, 0) is 93.2 Å². The van der Waals surface area contributed by atoms with Crippen LogP contribution in [0.3, 0.4) is 0 Å². The van der Waals surface area contributed by atoms with Gasteiger partial charge in [-0.15, -0.1) is 0 Å². The molecule has 0 bridgehead atoms. The number of hydrogen-bond acceptors (Lipinski definition) is 7. The lowest BCUT2D eigenvalue weighted by atomic mass is 9.99. The van der Waals surface area contributed by atoms with Crippen molar-refractivity contribution in [2.24, 2.45) is 5.73 Å². The van der Waals surface area contributed by atoms with E-state index in [0.29, 0.717) is 31.9 Å². The van der Waals surface area contributed by atoms with E-state index in [2.05, 4.69) is 5.32 Å². The predicted molar refractivity (Wildman–Crippen MR) is 159 cm³/mol. The maximum Gasteiger partial charge on any atom is 0.407 e. The SMILES string of the molecule is CCOC(=O)Cc1ccc(CCN)cc1OCc1cc(-c2cccc(CNC(=O)OC(C)(C)C)c2)c2occc2c1. The average molecular weight is 559 g/mol. The van der Waals surface area contributed by atoms with Gasteiger partial charge in [0.25, 0.3) is 0 Å². The van der Waals surface area contributed by atoms with Crippen molar-refractivity contribution in [1.82, 2.24) is 5.32 Å². The molecule has 1 aromatic heterocycles.